The van der Waals surface area contributed by atoms with Crippen LogP contribution in [-0.2, 0) is 5.41 Å². The lowest BCUT2D eigenvalue weighted by Crippen LogP contribution is -2.30. The van der Waals surface area contributed by atoms with Crippen molar-refractivity contribution < 1.29 is 0 Å². The molecule has 2 aromatic rings. The standard InChI is InChI=1S/C22H31N/c1-4-22(20-14-9-7-10-15-20,21-16-11-8-12-17-21)18-13-19-23(5-2)6-3/h7-12,14-17H,4-6,13,18-19H2,1-3H3. The fourth-order valence-electron chi connectivity index (χ4n) is 3.70. The molecule has 2 aromatic carbocycles. The molecule has 0 radical (unpaired) electrons. The van der Waals surface area contributed by atoms with E-state index in [1.807, 2.05) is 0 Å². The Morgan fingerprint density at radius 3 is 1.61 bits per heavy atom. The lowest BCUT2D eigenvalue weighted by atomic mass is 9.69. The number of hydrogen-bond acceptors (Lipinski definition) is 1. The van der Waals surface area contributed by atoms with Gasteiger partial charge in [0.1, 0.15) is 0 Å². The molecule has 0 aliphatic heterocycles. The van der Waals surface area contributed by atoms with Crippen LogP contribution in [0, 0.1) is 0 Å². The van der Waals surface area contributed by atoms with Crippen molar-refractivity contribution >= 4 is 0 Å². The number of rotatable bonds is 9. The molecule has 23 heavy (non-hydrogen) atoms. The third kappa shape index (κ3) is 4.23. The Balaban J connectivity index is 2.28. The van der Waals surface area contributed by atoms with Crippen LogP contribution in [-0.4, -0.2) is 24.5 Å². The van der Waals surface area contributed by atoms with Crippen LogP contribution in [0.1, 0.15) is 51.2 Å². The molecule has 2 rings (SSSR count). The Kier molecular flexibility index (Phi) is 6.85. The van der Waals surface area contributed by atoms with E-state index >= 15 is 0 Å². The monoisotopic (exact) mass is 309 g/mol. The SMILES string of the molecule is CCN(CC)CCCC(CC)(c1ccccc1)c1ccccc1. The first kappa shape index (κ1) is 17.7. The van der Waals surface area contributed by atoms with Crippen molar-refractivity contribution in [2.75, 3.05) is 19.6 Å². The van der Waals surface area contributed by atoms with E-state index in [1.54, 1.807) is 0 Å². The fourth-order valence-corrected chi connectivity index (χ4v) is 3.70. The van der Waals surface area contributed by atoms with E-state index in [0.29, 0.717) is 0 Å². The molecule has 1 nitrogen and oxygen atoms in total. The quantitative estimate of drug-likeness (QED) is 0.591. The molecule has 0 aromatic heterocycles. The van der Waals surface area contributed by atoms with Gasteiger partial charge in [-0.05, 0) is 50.0 Å². The summed E-state index contributed by atoms with van der Waals surface area (Å²) in [7, 11) is 0. The van der Waals surface area contributed by atoms with Gasteiger partial charge in [-0.1, -0.05) is 81.4 Å². The van der Waals surface area contributed by atoms with Crippen LogP contribution in [0.2, 0.25) is 0 Å². The third-order valence-corrected chi connectivity index (χ3v) is 5.23. The van der Waals surface area contributed by atoms with Gasteiger partial charge in [0.2, 0.25) is 0 Å². The summed E-state index contributed by atoms with van der Waals surface area (Å²) in [5, 5.41) is 0. The van der Waals surface area contributed by atoms with Gasteiger partial charge in [-0.2, -0.15) is 0 Å². The second-order valence-corrected chi connectivity index (χ2v) is 6.30. The summed E-state index contributed by atoms with van der Waals surface area (Å²) in [6, 6.07) is 22.1. The molecule has 0 atom stereocenters. The molecule has 0 unspecified atom stereocenters. The van der Waals surface area contributed by atoms with Crippen LogP contribution in [0.3, 0.4) is 0 Å². The highest BCUT2D eigenvalue weighted by molar-refractivity contribution is 5.39. The minimum absolute atomic E-state index is 0.135. The Morgan fingerprint density at radius 1 is 0.739 bits per heavy atom. The summed E-state index contributed by atoms with van der Waals surface area (Å²) >= 11 is 0. The van der Waals surface area contributed by atoms with Crippen LogP contribution in [0.5, 0.6) is 0 Å². The summed E-state index contributed by atoms with van der Waals surface area (Å²) in [4.78, 5) is 2.52. The molecule has 0 saturated heterocycles. The van der Waals surface area contributed by atoms with Crippen molar-refractivity contribution in [3.8, 4) is 0 Å². The highest BCUT2D eigenvalue weighted by Crippen LogP contribution is 2.39. The van der Waals surface area contributed by atoms with Gasteiger partial charge in [-0.3, -0.25) is 0 Å². The molecule has 0 N–H and O–H groups in total. The van der Waals surface area contributed by atoms with E-state index in [9.17, 15) is 0 Å². The minimum atomic E-state index is 0.135. The first-order valence-corrected chi connectivity index (χ1v) is 9.10. The normalized spacial score (nSPS) is 11.8. The highest BCUT2D eigenvalue weighted by Gasteiger charge is 2.31. The Bertz CT molecular complexity index is 503. The zero-order valence-corrected chi connectivity index (χ0v) is 15.0. The van der Waals surface area contributed by atoms with Gasteiger partial charge in [0, 0.05) is 5.41 Å². The first-order valence-electron chi connectivity index (χ1n) is 9.10. The van der Waals surface area contributed by atoms with Gasteiger partial charge in [0.25, 0.3) is 0 Å². The zero-order chi connectivity index (χ0) is 16.5. The number of nitrogens with zero attached hydrogens (tertiary/aromatic N) is 1. The van der Waals surface area contributed by atoms with Crippen LogP contribution in [0.4, 0.5) is 0 Å². The van der Waals surface area contributed by atoms with Crippen LogP contribution in [0.25, 0.3) is 0 Å². The van der Waals surface area contributed by atoms with E-state index in [-0.39, 0.29) is 5.41 Å². The molecule has 0 aliphatic rings. The highest BCUT2D eigenvalue weighted by atomic mass is 15.1. The third-order valence-electron chi connectivity index (χ3n) is 5.23. The molecule has 0 spiro atoms. The number of benzene rings is 2. The topological polar surface area (TPSA) is 3.24 Å². The molecule has 0 aliphatic carbocycles. The number of hydrogen-bond donors (Lipinski definition) is 0. The summed E-state index contributed by atoms with van der Waals surface area (Å²) in [5.41, 5.74) is 3.04. The largest absolute Gasteiger partial charge is 0.304 e. The maximum Gasteiger partial charge on any atom is 0.0200 e. The molecule has 0 heterocycles. The van der Waals surface area contributed by atoms with Crippen LogP contribution >= 0.6 is 0 Å². The minimum Gasteiger partial charge on any atom is -0.304 e. The van der Waals surface area contributed by atoms with E-state index in [2.05, 4.69) is 86.3 Å². The van der Waals surface area contributed by atoms with E-state index in [4.69, 9.17) is 0 Å². The Labute approximate surface area is 142 Å². The van der Waals surface area contributed by atoms with Crippen molar-refractivity contribution in [1.29, 1.82) is 0 Å². The van der Waals surface area contributed by atoms with Crippen molar-refractivity contribution in [1.82, 2.24) is 4.90 Å². The average molecular weight is 309 g/mol. The van der Waals surface area contributed by atoms with E-state index < -0.39 is 0 Å². The Morgan fingerprint density at radius 2 is 1.22 bits per heavy atom. The molecule has 0 amide bonds. The van der Waals surface area contributed by atoms with Crippen molar-refractivity contribution in [3.05, 3.63) is 71.8 Å². The summed E-state index contributed by atoms with van der Waals surface area (Å²) in [6.45, 7) is 10.3. The molecule has 0 bridgehead atoms. The smallest absolute Gasteiger partial charge is 0.0200 e. The average Bonchev–Trinajstić information content (AvgIpc) is 2.64. The predicted molar refractivity (Wildman–Crippen MR) is 101 cm³/mol. The second-order valence-electron chi connectivity index (χ2n) is 6.30. The van der Waals surface area contributed by atoms with Crippen molar-refractivity contribution in [2.24, 2.45) is 0 Å². The van der Waals surface area contributed by atoms with Crippen molar-refractivity contribution in [3.63, 3.8) is 0 Å². The van der Waals surface area contributed by atoms with Gasteiger partial charge in [0.05, 0.1) is 0 Å². The van der Waals surface area contributed by atoms with Gasteiger partial charge in [-0.15, -0.1) is 0 Å². The summed E-state index contributed by atoms with van der Waals surface area (Å²) in [6.07, 6.45) is 3.58. The summed E-state index contributed by atoms with van der Waals surface area (Å²) in [5.74, 6) is 0. The Hall–Kier alpha value is -1.60. The molecule has 1 heteroatoms. The molecular formula is C22H31N. The fraction of sp³-hybridized carbons (Fsp3) is 0.455. The molecular weight excluding hydrogens is 278 g/mol. The molecule has 124 valence electrons. The molecule has 0 fully saturated rings. The van der Waals surface area contributed by atoms with Gasteiger partial charge >= 0.3 is 0 Å². The lowest BCUT2D eigenvalue weighted by molar-refractivity contribution is 0.282. The van der Waals surface area contributed by atoms with Gasteiger partial charge in [-0.25, -0.2) is 0 Å². The molecule has 0 saturated carbocycles. The zero-order valence-electron chi connectivity index (χ0n) is 15.0. The maximum atomic E-state index is 2.52. The van der Waals surface area contributed by atoms with Crippen LogP contribution < -0.4 is 0 Å². The van der Waals surface area contributed by atoms with Gasteiger partial charge < -0.3 is 4.90 Å². The second kappa shape index (κ2) is 8.88. The lowest BCUT2D eigenvalue weighted by Gasteiger charge is -2.35. The van der Waals surface area contributed by atoms with E-state index in [0.717, 1.165) is 19.5 Å². The maximum absolute atomic E-state index is 2.52. The summed E-state index contributed by atoms with van der Waals surface area (Å²) < 4.78 is 0. The van der Waals surface area contributed by atoms with E-state index in [1.165, 1.54) is 30.5 Å². The van der Waals surface area contributed by atoms with Gasteiger partial charge in [0.15, 0.2) is 0 Å². The van der Waals surface area contributed by atoms with Crippen molar-refractivity contribution in [2.45, 2.75) is 45.4 Å². The predicted octanol–water partition coefficient (Wildman–Crippen LogP) is 5.50. The van der Waals surface area contributed by atoms with Crippen LogP contribution in [0.15, 0.2) is 60.7 Å². The first-order chi connectivity index (χ1) is 11.3.